The van der Waals surface area contributed by atoms with Gasteiger partial charge in [-0.2, -0.15) is 0 Å². The van der Waals surface area contributed by atoms with E-state index in [1.807, 2.05) is 26.0 Å². The predicted molar refractivity (Wildman–Crippen MR) is 110 cm³/mol. The van der Waals surface area contributed by atoms with Crippen molar-refractivity contribution in [2.45, 2.75) is 38.7 Å². The number of aromatic hydroxyl groups is 1. The zero-order valence-corrected chi connectivity index (χ0v) is 17.0. The van der Waals surface area contributed by atoms with Crippen LogP contribution >= 0.6 is 0 Å². The van der Waals surface area contributed by atoms with Crippen LogP contribution in [-0.4, -0.2) is 17.0 Å². The molecule has 2 aromatic carbocycles. The van der Waals surface area contributed by atoms with Gasteiger partial charge in [0.1, 0.15) is 35.0 Å². The first-order chi connectivity index (χ1) is 14.9. The third kappa shape index (κ3) is 2.84. The Labute approximate surface area is 177 Å². The lowest BCUT2D eigenvalue weighted by atomic mass is 9.81. The SMILES string of the molecule is CCc1ccc2c(c1)C1OC(=O)C(c3c(O)c4cc(CC)ccc4oc3=O)C1C(=O)O2. The third-order valence-corrected chi connectivity index (χ3v) is 6.15. The second-order valence-electron chi connectivity index (χ2n) is 7.84. The lowest BCUT2D eigenvalue weighted by Crippen LogP contribution is -2.34. The highest BCUT2D eigenvalue weighted by atomic mass is 16.6. The topological polar surface area (TPSA) is 103 Å². The quantitative estimate of drug-likeness (QED) is 0.393. The van der Waals surface area contributed by atoms with Crippen molar-refractivity contribution in [1.29, 1.82) is 0 Å². The molecule has 0 aliphatic carbocycles. The average Bonchev–Trinajstić information content (AvgIpc) is 3.11. The lowest BCUT2D eigenvalue weighted by molar-refractivity contribution is -0.145. The summed E-state index contributed by atoms with van der Waals surface area (Å²) >= 11 is 0. The van der Waals surface area contributed by atoms with Gasteiger partial charge in [0.25, 0.3) is 0 Å². The van der Waals surface area contributed by atoms with Crippen molar-refractivity contribution in [3.8, 4) is 11.5 Å². The number of aryl methyl sites for hydroxylation is 2. The number of esters is 2. The first-order valence-corrected chi connectivity index (χ1v) is 10.3. The van der Waals surface area contributed by atoms with Crippen molar-refractivity contribution in [3.05, 3.63) is 69.1 Å². The number of benzene rings is 2. The van der Waals surface area contributed by atoms with Gasteiger partial charge >= 0.3 is 17.6 Å². The molecule has 3 heterocycles. The molecule has 2 aliphatic heterocycles. The van der Waals surface area contributed by atoms with Crippen LogP contribution in [0.25, 0.3) is 11.0 Å². The number of hydrogen-bond acceptors (Lipinski definition) is 7. The van der Waals surface area contributed by atoms with Crippen LogP contribution in [0.3, 0.4) is 0 Å². The van der Waals surface area contributed by atoms with Gasteiger partial charge < -0.3 is 19.0 Å². The Hall–Kier alpha value is -3.61. The monoisotopic (exact) mass is 420 g/mol. The van der Waals surface area contributed by atoms with E-state index < -0.39 is 35.5 Å². The first kappa shape index (κ1) is 19.4. The summed E-state index contributed by atoms with van der Waals surface area (Å²) in [5.41, 5.74) is 1.55. The first-order valence-electron chi connectivity index (χ1n) is 10.3. The number of rotatable bonds is 3. The molecule has 1 aromatic heterocycles. The van der Waals surface area contributed by atoms with Gasteiger partial charge in [0, 0.05) is 5.56 Å². The van der Waals surface area contributed by atoms with Crippen molar-refractivity contribution in [2.75, 3.05) is 0 Å². The zero-order valence-electron chi connectivity index (χ0n) is 17.0. The fourth-order valence-electron chi connectivity index (χ4n) is 4.46. The van der Waals surface area contributed by atoms with Crippen LogP contribution < -0.4 is 10.4 Å². The predicted octanol–water partition coefficient (Wildman–Crippen LogP) is 3.54. The van der Waals surface area contributed by atoms with Crippen LogP contribution in [0.5, 0.6) is 11.5 Å². The summed E-state index contributed by atoms with van der Waals surface area (Å²) in [7, 11) is 0. The molecule has 158 valence electrons. The lowest BCUT2D eigenvalue weighted by Gasteiger charge is -2.27. The van der Waals surface area contributed by atoms with E-state index in [9.17, 15) is 19.5 Å². The number of hydrogen-bond donors (Lipinski definition) is 1. The van der Waals surface area contributed by atoms with Crippen LogP contribution in [0.1, 0.15) is 48.1 Å². The number of carbonyl (C=O) groups excluding carboxylic acids is 2. The normalized spacial score (nSPS) is 22.1. The van der Waals surface area contributed by atoms with Gasteiger partial charge in [-0.3, -0.25) is 9.59 Å². The maximum absolute atomic E-state index is 12.9. The highest BCUT2D eigenvalue weighted by molar-refractivity contribution is 5.95. The highest BCUT2D eigenvalue weighted by Crippen LogP contribution is 2.51. The van der Waals surface area contributed by atoms with Crippen molar-refractivity contribution in [2.24, 2.45) is 5.92 Å². The van der Waals surface area contributed by atoms with Gasteiger partial charge in [0.2, 0.25) is 0 Å². The summed E-state index contributed by atoms with van der Waals surface area (Å²) in [5.74, 6) is -3.90. The van der Waals surface area contributed by atoms with Crippen LogP contribution in [0.4, 0.5) is 0 Å². The van der Waals surface area contributed by atoms with Gasteiger partial charge in [-0.15, -0.1) is 0 Å². The Balaban J connectivity index is 1.68. The molecule has 0 bridgehead atoms. The maximum Gasteiger partial charge on any atom is 0.344 e. The summed E-state index contributed by atoms with van der Waals surface area (Å²) in [6, 6.07) is 10.5. The Kier molecular flexibility index (Phi) is 4.36. The minimum atomic E-state index is -1.32. The second-order valence-corrected chi connectivity index (χ2v) is 7.84. The minimum Gasteiger partial charge on any atom is -0.507 e. The fraction of sp³-hybridized carbons (Fsp3) is 0.292. The molecule has 3 atom stereocenters. The molecule has 3 aromatic rings. The molecule has 31 heavy (non-hydrogen) atoms. The number of carbonyl (C=O) groups is 2. The van der Waals surface area contributed by atoms with Gasteiger partial charge in [-0.05, 0) is 48.2 Å². The zero-order chi connectivity index (χ0) is 21.9. The Morgan fingerprint density at radius 1 is 0.935 bits per heavy atom. The standard InChI is InChI=1S/C24H20O7/c1-3-11-5-7-15-13(9-11)20(25)18(23(27)29-15)17-19-21(31-22(17)26)14-10-12(4-2)6-8-16(14)30-24(19)28/h5-10,17,19,21,25H,3-4H2,1-2H3. The Morgan fingerprint density at radius 2 is 1.65 bits per heavy atom. The van der Waals surface area contributed by atoms with Crippen molar-refractivity contribution >= 4 is 22.9 Å². The van der Waals surface area contributed by atoms with E-state index >= 15 is 0 Å². The molecular weight excluding hydrogens is 400 g/mol. The summed E-state index contributed by atoms with van der Waals surface area (Å²) < 4.78 is 16.4. The molecule has 1 N–H and O–H groups in total. The summed E-state index contributed by atoms with van der Waals surface area (Å²) in [6.45, 7) is 3.94. The molecule has 0 saturated carbocycles. The smallest absolute Gasteiger partial charge is 0.344 e. The van der Waals surface area contributed by atoms with Crippen molar-refractivity contribution in [1.82, 2.24) is 0 Å². The van der Waals surface area contributed by atoms with E-state index in [2.05, 4.69) is 0 Å². The molecule has 1 saturated heterocycles. The van der Waals surface area contributed by atoms with Crippen LogP contribution in [0.15, 0.2) is 45.6 Å². The third-order valence-electron chi connectivity index (χ3n) is 6.15. The fourth-order valence-corrected chi connectivity index (χ4v) is 4.46. The molecule has 3 unspecified atom stereocenters. The molecule has 0 radical (unpaired) electrons. The highest BCUT2D eigenvalue weighted by Gasteiger charge is 2.56. The van der Waals surface area contributed by atoms with E-state index in [-0.39, 0.29) is 16.9 Å². The maximum atomic E-state index is 12.9. The Bertz CT molecular complexity index is 1300. The van der Waals surface area contributed by atoms with Crippen molar-refractivity contribution < 1.29 is 28.6 Å². The van der Waals surface area contributed by atoms with E-state index in [1.165, 1.54) is 0 Å². The number of fused-ring (bicyclic) bond motifs is 4. The van der Waals surface area contributed by atoms with Gasteiger partial charge in [-0.25, -0.2) is 4.79 Å². The average molecular weight is 420 g/mol. The Morgan fingerprint density at radius 3 is 2.39 bits per heavy atom. The van der Waals surface area contributed by atoms with Gasteiger partial charge in [-0.1, -0.05) is 26.0 Å². The summed E-state index contributed by atoms with van der Waals surface area (Å²) in [5, 5.41) is 11.3. The van der Waals surface area contributed by atoms with Crippen LogP contribution in [0, 0.1) is 5.92 Å². The molecule has 2 aliphatic rings. The molecule has 7 heteroatoms. The molecular formula is C24H20O7. The summed E-state index contributed by atoms with van der Waals surface area (Å²) in [4.78, 5) is 38.5. The number of ether oxygens (including phenoxy) is 2. The molecule has 0 spiro atoms. The van der Waals surface area contributed by atoms with Gasteiger partial charge in [0.05, 0.1) is 10.9 Å². The largest absolute Gasteiger partial charge is 0.507 e. The van der Waals surface area contributed by atoms with Gasteiger partial charge in [0.15, 0.2) is 0 Å². The van der Waals surface area contributed by atoms with E-state index in [4.69, 9.17) is 13.9 Å². The summed E-state index contributed by atoms with van der Waals surface area (Å²) in [6.07, 6.45) is 0.574. The molecule has 0 amide bonds. The molecule has 1 fully saturated rings. The second kappa shape index (κ2) is 6.97. The van der Waals surface area contributed by atoms with E-state index in [0.717, 1.165) is 17.5 Å². The van der Waals surface area contributed by atoms with Crippen LogP contribution in [0.2, 0.25) is 0 Å². The van der Waals surface area contributed by atoms with E-state index in [1.54, 1.807) is 24.3 Å². The minimum absolute atomic E-state index is 0.204. The van der Waals surface area contributed by atoms with Crippen LogP contribution in [-0.2, 0) is 27.2 Å². The molecule has 5 rings (SSSR count). The van der Waals surface area contributed by atoms with E-state index in [0.29, 0.717) is 23.1 Å². The molecule has 7 nitrogen and oxygen atoms in total. The van der Waals surface area contributed by atoms with Crippen molar-refractivity contribution in [3.63, 3.8) is 0 Å².